The number of carbonyl (C=O) groups is 1. The van der Waals surface area contributed by atoms with Crippen LogP contribution in [0.5, 0.6) is 0 Å². The van der Waals surface area contributed by atoms with Gasteiger partial charge in [0.15, 0.2) is 5.58 Å². The second-order valence-electron chi connectivity index (χ2n) is 3.70. The summed E-state index contributed by atoms with van der Waals surface area (Å²) in [6.07, 6.45) is -4.41. The number of fused-ring (bicyclic) bond motifs is 1. The van der Waals surface area contributed by atoms with Crippen LogP contribution in [-0.4, -0.2) is 28.8 Å². The molecule has 1 heterocycles. The largest absolute Gasteiger partial charge is 0.478 e. The smallest absolute Gasteiger partial charge is 0.411 e. The maximum absolute atomic E-state index is 11.9. The molecule has 0 atom stereocenters. The number of alkyl halides is 3. The van der Waals surface area contributed by atoms with E-state index < -0.39 is 25.4 Å². The molecule has 0 spiro atoms. The Kier molecular flexibility index (Phi) is 3.43. The van der Waals surface area contributed by atoms with Crippen LogP contribution >= 0.6 is 0 Å². The van der Waals surface area contributed by atoms with E-state index in [1.54, 1.807) is 0 Å². The number of rotatable bonds is 4. The van der Waals surface area contributed by atoms with Gasteiger partial charge in [-0.1, -0.05) is 0 Å². The number of ether oxygens (including phenoxy) is 1. The van der Waals surface area contributed by atoms with Crippen LogP contribution in [0.3, 0.4) is 0 Å². The molecule has 0 saturated carbocycles. The van der Waals surface area contributed by atoms with Crippen LogP contribution in [0, 0.1) is 0 Å². The van der Waals surface area contributed by atoms with Gasteiger partial charge in [0, 0.05) is 0 Å². The van der Waals surface area contributed by atoms with Crippen LogP contribution in [0.15, 0.2) is 22.6 Å². The molecule has 8 heteroatoms. The zero-order chi connectivity index (χ0) is 14.0. The van der Waals surface area contributed by atoms with E-state index in [9.17, 15) is 18.0 Å². The molecule has 19 heavy (non-hydrogen) atoms. The van der Waals surface area contributed by atoms with Crippen molar-refractivity contribution in [1.82, 2.24) is 4.98 Å². The van der Waals surface area contributed by atoms with Crippen LogP contribution < -0.4 is 0 Å². The van der Waals surface area contributed by atoms with Gasteiger partial charge in [0.1, 0.15) is 18.7 Å². The number of nitrogens with zero attached hydrogens (tertiary/aromatic N) is 1. The predicted molar refractivity (Wildman–Crippen MR) is 56.7 cm³/mol. The third kappa shape index (κ3) is 3.44. The maximum atomic E-state index is 11.9. The van der Waals surface area contributed by atoms with Crippen molar-refractivity contribution in [2.75, 3.05) is 6.61 Å². The van der Waals surface area contributed by atoms with Gasteiger partial charge in [-0.2, -0.15) is 13.2 Å². The van der Waals surface area contributed by atoms with Crippen LogP contribution in [0.25, 0.3) is 11.1 Å². The zero-order valence-electron chi connectivity index (χ0n) is 9.40. The highest BCUT2D eigenvalue weighted by atomic mass is 19.4. The minimum Gasteiger partial charge on any atom is -0.478 e. The first-order valence-corrected chi connectivity index (χ1v) is 5.12. The molecule has 0 radical (unpaired) electrons. The Morgan fingerprint density at radius 1 is 1.42 bits per heavy atom. The number of oxazole rings is 1. The molecule has 0 aliphatic heterocycles. The minimum absolute atomic E-state index is 0.00594. The first-order valence-electron chi connectivity index (χ1n) is 5.12. The van der Waals surface area contributed by atoms with Gasteiger partial charge in [0.2, 0.25) is 5.89 Å². The Morgan fingerprint density at radius 3 is 2.79 bits per heavy atom. The van der Waals surface area contributed by atoms with E-state index in [1.165, 1.54) is 18.2 Å². The number of halogens is 3. The number of aromatic carboxylic acids is 1. The Hall–Kier alpha value is -2.09. The first kappa shape index (κ1) is 13.3. The van der Waals surface area contributed by atoms with Gasteiger partial charge in [-0.25, -0.2) is 9.78 Å². The van der Waals surface area contributed by atoms with Crippen LogP contribution in [-0.2, 0) is 11.3 Å². The van der Waals surface area contributed by atoms with E-state index in [1.807, 2.05) is 0 Å². The SMILES string of the molecule is O=C(O)c1ccc2nc(COCC(F)(F)F)oc2c1. The van der Waals surface area contributed by atoms with E-state index in [0.29, 0.717) is 5.52 Å². The minimum atomic E-state index is -4.41. The number of hydrogen-bond acceptors (Lipinski definition) is 4. The van der Waals surface area contributed by atoms with E-state index in [-0.39, 0.29) is 17.0 Å². The van der Waals surface area contributed by atoms with Crippen molar-refractivity contribution in [3.63, 3.8) is 0 Å². The highest BCUT2D eigenvalue weighted by Gasteiger charge is 2.27. The fraction of sp³-hybridized carbons (Fsp3) is 0.273. The highest BCUT2D eigenvalue weighted by Crippen LogP contribution is 2.19. The predicted octanol–water partition coefficient (Wildman–Crippen LogP) is 2.60. The normalized spacial score (nSPS) is 11.9. The highest BCUT2D eigenvalue weighted by molar-refractivity contribution is 5.91. The summed E-state index contributed by atoms with van der Waals surface area (Å²) < 4.78 is 45.1. The summed E-state index contributed by atoms with van der Waals surface area (Å²) in [7, 11) is 0. The second kappa shape index (κ2) is 4.88. The molecule has 2 aromatic rings. The Balaban J connectivity index is 2.11. The van der Waals surface area contributed by atoms with E-state index in [2.05, 4.69) is 9.72 Å². The van der Waals surface area contributed by atoms with Crippen molar-refractivity contribution in [3.8, 4) is 0 Å². The monoisotopic (exact) mass is 275 g/mol. The fourth-order valence-electron chi connectivity index (χ4n) is 1.42. The molecule has 0 aliphatic carbocycles. The van der Waals surface area contributed by atoms with Gasteiger partial charge in [-0.05, 0) is 18.2 Å². The topological polar surface area (TPSA) is 72.6 Å². The summed E-state index contributed by atoms with van der Waals surface area (Å²) >= 11 is 0. The standard InChI is InChI=1S/C11H8F3NO4/c12-11(13,14)5-18-4-9-15-7-2-1-6(10(16)17)3-8(7)19-9/h1-3H,4-5H2,(H,16,17). The molecule has 1 N–H and O–H groups in total. The van der Waals surface area contributed by atoms with Gasteiger partial charge in [-0.3, -0.25) is 0 Å². The summed E-state index contributed by atoms with van der Waals surface area (Å²) in [6.45, 7) is -1.83. The zero-order valence-corrected chi connectivity index (χ0v) is 9.40. The molecule has 0 amide bonds. The Labute approximate surface area is 104 Å². The Morgan fingerprint density at radius 2 is 2.16 bits per heavy atom. The lowest BCUT2D eigenvalue weighted by molar-refractivity contribution is -0.177. The fourth-order valence-corrected chi connectivity index (χ4v) is 1.42. The van der Waals surface area contributed by atoms with Crippen molar-refractivity contribution in [2.45, 2.75) is 12.8 Å². The molecule has 0 fully saturated rings. The molecular weight excluding hydrogens is 267 g/mol. The maximum Gasteiger partial charge on any atom is 0.411 e. The summed E-state index contributed by atoms with van der Waals surface area (Å²) in [5.41, 5.74) is 0.549. The number of aromatic nitrogens is 1. The average Bonchev–Trinajstić information content (AvgIpc) is 2.68. The molecule has 102 valence electrons. The van der Waals surface area contributed by atoms with E-state index in [4.69, 9.17) is 9.52 Å². The molecule has 0 aliphatic rings. The lowest BCUT2D eigenvalue weighted by atomic mass is 10.2. The van der Waals surface area contributed by atoms with Crippen LogP contribution in [0.4, 0.5) is 13.2 Å². The van der Waals surface area contributed by atoms with Crippen molar-refractivity contribution in [3.05, 3.63) is 29.7 Å². The molecule has 1 aromatic carbocycles. The third-order valence-corrected chi connectivity index (χ3v) is 2.17. The van der Waals surface area contributed by atoms with Crippen LogP contribution in [0.1, 0.15) is 16.2 Å². The van der Waals surface area contributed by atoms with Gasteiger partial charge in [0.25, 0.3) is 0 Å². The van der Waals surface area contributed by atoms with E-state index >= 15 is 0 Å². The van der Waals surface area contributed by atoms with Crippen LogP contribution in [0.2, 0.25) is 0 Å². The average molecular weight is 275 g/mol. The molecule has 0 saturated heterocycles. The molecule has 0 bridgehead atoms. The summed E-state index contributed by atoms with van der Waals surface area (Å²) in [6, 6.07) is 3.99. The quantitative estimate of drug-likeness (QED) is 0.928. The first-order chi connectivity index (χ1) is 8.85. The summed E-state index contributed by atoms with van der Waals surface area (Å²) in [5, 5.41) is 8.77. The Bertz CT molecular complexity index is 605. The van der Waals surface area contributed by atoms with Gasteiger partial charge in [0.05, 0.1) is 5.56 Å². The number of carboxylic acids is 1. The van der Waals surface area contributed by atoms with Gasteiger partial charge in [-0.15, -0.1) is 0 Å². The number of benzene rings is 1. The lowest BCUT2D eigenvalue weighted by Crippen LogP contribution is -2.16. The summed E-state index contributed by atoms with van der Waals surface area (Å²) in [4.78, 5) is 14.6. The van der Waals surface area contributed by atoms with E-state index in [0.717, 1.165) is 0 Å². The second-order valence-corrected chi connectivity index (χ2v) is 3.70. The summed E-state index contributed by atoms with van der Waals surface area (Å²) in [5.74, 6) is -1.17. The molecule has 1 aromatic heterocycles. The van der Waals surface area contributed by atoms with Crippen molar-refractivity contribution in [1.29, 1.82) is 0 Å². The molecule has 0 unspecified atom stereocenters. The van der Waals surface area contributed by atoms with Gasteiger partial charge >= 0.3 is 12.1 Å². The van der Waals surface area contributed by atoms with Crippen molar-refractivity contribution < 1.29 is 32.2 Å². The molecule has 2 rings (SSSR count). The third-order valence-electron chi connectivity index (χ3n) is 2.17. The van der Waals surface area contributed by atoms with Crippen molar-refractivity contribution in [2.24, 2.45) is 0 Å². The van der Waals surface area contributed by atoms with Gasteiger partial charge < -0.3 is 14.3 Å². The molecular formula is C11H8F3NO4. The van der Waals surface area contributed by atoms with Crippen molar-refractivity contribution >= 4 is 17.1 Å². The number of hydrogen-bond donors (Lipinski definition) is 1. The lowest BCUT2D eigenvalue weighted by Gasteiger charge is -2.04. The molecule has 5 nitrogen and oxygen atoms in total. The number of carboxylic acid groups (broad SMARTS) is 1.